The second-order valence-corrected chi connectivity index (χ2v) is 3.28. The normalized spacial score (nSPS) is 11.8. The zero-order valence-corrected chi connectivity index (χ0v) is 9.02. The summed E-state index contributed by atoms with van der Waals surface area (Å²) in [5.41, 5.74) is 0.472. The molecule has 4 nitrogen and oxygen atoms in total. The number of para-hydroxylation sites is 1. The van der Waals surface area contributed by atoms with Crippen molar-refractivity contribution in [2.45, 2.75) is 6.10 Å². The number of aliphatic hydroxyl groups is 1. The largest absolute Gasteiger partial charge is 0.489 e. The predicted molar refractivity (Wildman–Crippen MR) is 60.9 cm³/mol. The highest BCUT2D eigenvalue weighted by molar-refractivity contribution is 5.42. The summed E-state index contributed by atoms with van der Waals surface area (Å²) in [5.74, 6) is 0.499. The molecular weight excluding hydrogens is 204 g/mol. The zero-order valence-electron chi connectivity index (χ0n) is 9.02. The van der Waals surface area contributed by atoms with Crippen LogP contribution in [0, 0.1) is 18.3 Å². The van der Waals surface area contributed by atoms with Gasteiger partial charge in [-0.1, -0.05) is 12.1 Å². The van der Waals surface area contributed by atoms with Crippen LogP contribution in [0.15, 0.2) is 24.3 Å². The molecule has 1 rings (SSSR count). The summed E-state index contributed by atoms with van der Waals surface area (Å²) in [6.07, 6.45) is -0.603. The van der Waals surface area contributed by atoms with E-state index in [1.165, 1.54) is 0 Å². The van der Waals surface area contributed by atoms with Gasteiger partial charge >= 0.3 is 0 Å². The van der Waals surface area contributed by atoms with Crippen molar-refractivity contribution in [2.75, 3.05) is 19.7 Å². The number of benzene rings is 1. The van der Waals surface area contributed by atoms with E-state index in [4.69, 9.17) is 10.00 Å². The topological polar surface area (TPSA) is 65.3 Å². The van der Waals surface area contributed by atoms with Crippen LogP contribution in [0.3, 0.4) is 0 Å². The van der Waals surface area contributed by atoms with Crippen LogP contribution >= 0.6 is 0 Å². The van der Waals surface area contributed by atoms with Crippen molar-refractivity contribution in [3.63, 3.8) is 0 Å². The number of nitrogens with zero attached hydrogens (tertiary/aromatic N) is 1. The van der Waals surface area contributed by atoms with Gasteiger partial charge in [0.25, 0.3) is 0 Å². The van der Waals surface area contributed by atoms with Crippen LogP contribution in [0.4, 0.5) is 0 Å². The Morgan fingerprint density at radius 2 is 2.25 bits per heavy atom. The molecule has 0 saturated heterocycles. The predicted octanol–water partition coefficient (Wildman–Crippen LogP) is 0.722. The van der Waals surface area contributed by atoms with Crippen molar-refractivity contribution in [1.29, 1.82) is 5.26 Å². The molecule has 1 unspecified atom stereocenters. The summed E-state index contributed by atoms with van der Waals surface area (Å²) in [7, 11) is 0. The van der Waals surface area contributed by atoms with E-state index in [0.29, 0.717) is 24.4 Å². The molecule has 1 radical (unpaired) electrons. The summed E-state index contributed by atoms with van der Waals surface area (Å²) in [4.78, 5) is 0. The number of rotatable bonds is 6. The third-order valence-corrected chi connectivity index (χ3v) is 2.00. The van der Waals surface area contributed by atoms with Gasteiger partial charge in [0.15, 0.2) is 0 Å². The number of hydrogen-bond donors (Lipinski definition) is 2. The van der Waals surface area contributed by atoms with Gasteiger partial charge in [0.2, 0.25) is 0 Å². The van der Waals surface area contributed by atoms with E-state index in [1.54, 1.807) is 24.3 Å². The summed E-state index contributed by atoms with van der Waals surface area (Å²) >= 11 is 0. The van der Waals surface area contributed by atoms with Crippen LogP contribution in [0.1, 0.15) is 5.56 Å². The lowest BCUT2D eigenvalue weighted by Gasteiger charge is -2.13. The first-order chi connectivity index (χ1) is 7.77. The molecule has 0 amide bonds. The fraction of sp³-hybridized carbons (Fsp3) is 0.333. The molecule has 85 valence electrons. The van der Waals surface area contributed by atoms with Crippen molar-refractivity contribution in [3.8, 4) is 11.8 Å². The fourth-order valence-corrected chi connectivity index (χ4v) is 1.20. The van der Waals surface area contributed by atoms with E-state index in [1.807, 2.05) is 6.07 Å². The lowest BCUT2D eigenvalue weighted by atomic mass is 10.2. The molecule has 0 aromatic heterocycles. The minimum Gasteiger partial charge on any atom is -0.489 e. The van der Waals surface area contributed by atoms with Crippen LogP contribution in [0.25, 0.3) is 0 Å². The van der Waals surface area contributed by atoms with E-state index >= 15 is 0 Å². The Kier molecular flexibility index (Phi) is 5.34. The van der Waals surface area contributed by atoms with E-state index in [-0.39, 0.29) is 6.61 Å². The van der Waals surface area contributed by atoms with Crippen LogP contribution in [0.5, 0.6) is 5.75 Å². The number of hydrogen-bond acceptors (Lipinski definition) is 4. The fourth-order valence-electron chi connectivity index (χ4n) is 1.20. The average Bonchev–Trinajstić information content (AvgIpc) is 2.34. The van der Waals surface area contributed by atoms with Crippen LogP contribution in [-0.4, -0.2) is 30.9 Å². The number of nitrogens with one attached hydrogen (secondary N) is 1. The Morgan fingerprint density at radius 3 is 2.94 bits per heavy atom. The third-order valence-electron chi connectivity index (χ3n) is 2.00. The molecular formula is C12H15N2O2. The van der Waals surface area contributed by atoms with Crippen LogP contribution < -0.4 is 10.1 Å². The number of aliphatic hydroxyl groups excluding tert-OH is 1. The van der Waals surface area contributed by atoms with Crippen molar-refractivity contribution in [3.05, 3.63) is 36.8 Å². The minimum absolute atomic E-state index is 0.158. The molecule has 4 heteroatoms. The van der Waals surface area contributed by atoms with Gasteiger partial charge in [-0.3, -0.25) is 0 Å². The van der Waals surface area contributed by atoms with E-state index in [0.717, 1.165) is 0 Å². The van der Waals surface area contributed by atoms with E-state index < -0.39 is 6.10 Å². The zero-order chi connectivity index (χ0) is 11.8. The molecule has 2 N–H and O–H groups in total. The Hall–Kier alpha value is -1.57. The average molecular weight is 219 g/mol. The first-order valence-electron chi connectivity index (χ1n) is 5.08. The smallest absolute Gasteiger partial charge is 0.137 e. The first kappa shape index (κ1) is 12.5. The minimum atomic E-state index is -0.603. The highest BCUT2D eigenvalue weighted by Gasteiger charge is 2.06. The van der Waals surface area contributed by atoms with Crippen LogP contribution in [-0.2, 0) is 0 Å². The van der Waals surface area contributed by atoms with Crippen LogP contribution in [0.2, 0.25) is 0 Å². The van der Waals surface area contributed by atoms with Gasteiger partial charge in [0.05, 0.1) is 5.56 Å². The molecule has 0 heterocycles. The molecule has 0 fully saturated rings. The highest BCUT2D eigenvalue weighted by Crippen LogP contribution is 2.16. The van der Waals surface area contributed by atoms with Gasteiger partial charge in [-0.05, 0) is 25.6 Å². The van der Waals surface area contributed by atoms with E-state index in [2.05, 4.69) is 12.2 Å². The second kappa shape index (κ2) is 6.83. The summed E-state index contributed by atoms with van der Waals surface area (Å²) < 4.78 is 5.35. The summed E-state index contributed by atoms with van der Waals surface area (Å²) in [6.45, 7) is 4.75. The molecule has 1 atom stereocenters. The maximum Gasteiger partial charge on any atom is 0.137 e. The van der Waals surface area contributed by atoms with Gasteiger partial charge < -0.3 is 15.2 Å². The van der Waals surface area contributed by atoms with Gasteiger partial charge in [-0.25, -0.2) is 0 Å². The second-order valence-electron chi connectivity index (χ2n) is 3.28. The maximum absolute atomic E-state index is 9.51. The summed E-state index contributed by atoms with van der Waals surface area (Å²) in [6, 6.07) is 8.97. The molecule has 0 bridgehead atoms. The number of ether oxygens (including phenoxy) is 1. The molecule has 16 heavy (non-hydrogen) atoms. The van der Waals surface area contributed by atoms with Gasteiger partial charge in [0.1, 0.15) is 24.5 Å². The molecule has 0 aliphatic carbocycles. The third kappa shape index (κ3) is 3.89. The first-order valence-corrected chi connectivity index (χ1v) is 5.08. The van der Waals surface area contributed by atoms with Crippen molar-refractivity contribution < 1.29 is 9.84 Å². The van der Waals surface area contributed by atoms with Crippen molar-refractivity contribution in [1.82, 2.24) is 5.32 Å². The SMILES string of the molecule is [CH2]CNCC(O)COc1ccccc1C#N. The van der Waals surface area contributed by atoms with Gasteiger partial charge in [-0.15, -0.1) is 0 Å². The Balaban J connectivity index is 2.45. The quantitative estimate of drug-likeness (QED) is 0.740. The maximum atomic E-state index is 9.51. The molecule has 1 aromatic rings. The Bertz CT molecular complexity index is 360. The monoisotopic (exact) mass is 219 g/mol. The van der Waals surface area contributed by atoms with Crippen molar-refractivity contribution in [2.24, 2.45) is 0 Å². The molecule has 1 aromatic carbocycles. The van der Waals surface area contributed by atoms with E-state index in [9.17, 15) is 5.11 Å². The lowest BCUT2D eigenvalue weighted by molar-refractivity contribution is 0.107. The molecule has 0 aliphatic heterocycles. The van der Waals surface area contributed by atoms with Gasteiger partial charge in [0, 0.05) is 6.54 Å². The van der Waals surface area contributed by atoms with Crippen molar-refractivity contribution >= 4 is 0 Å². The molecule has 0 aliphatic rings. The highest BCUT2D eigenvalue weighted by atomic mass is 16.5. The summed E-state index contributed by atoms with van der Waals surface area (Å²) in [5, 5.41) is 21.2. The Labute approximate surface area is 95.5 Å². The molecule has 0 spiro atoms. The lowest BCUT2D eigenvalue weighted by Crippen LogP contribution is -2.31. The standard InChI is InChI=1S/C12H15N2O2/c1-2-14-8-11(15)9-16-12-6-4-3-5-10(12)7-13/h3-6,11,14-15H,1-2,8-9H2. The Morgan fingerprint density at radius 1 is 1.50 bits per heavy atom. The molecule has 0 saturated carbocycles. The number of nitriles is 1. The van der Waals surface area contributed by atoms with Gasteiger partial charge in [-0.2, -0.15) is 5.26 Å².